The van der Waals surface area contributed by atoms with Gasteiger partial charge < -0.3 is 10.6 Å². The van der Waals surface area contributed by atoms with E-state index in [0.717, 1.165) is 18.6 Å². The summed E-state index contributed by atoms with van der Waals surface area (Å²) in [7, 11) is 0. The maximum Gasteiger partial charge on any atom is 0.0751 e. The predicted octanol–water partition coefficient (Wildman–Crippen LogP) is 3.13. The van der Waals surface area contributed by atoms with Gasteiger partial charge in [0.05, 0.1) is 5.52 Å². The summed E-state index contributed by atoms with van der Waals surface area (Å²) >= 11 is 0. The van der Waals surface area contributed by atoms with Gasteiger partial charge in [-0.15, -0.1) is 12.4 Å². The van der Waals surface area contributed by atoms with Crippen molar-refractivity contribution in [1.29, 1.82) is 0 Å². The number of piperidine rings is 1. The molecule has 1 aromatic carbocycles. The monoisotopic (exact) mass is 277 g/mol. The minimum atomic E-state index is 0. The summed E-state index contributed by atoms with van der Waals surface area (Å²) in [6.45, 7) is 4.34. The molecule has 1 saturated heterocycles. The number of rotatable bonds is 2. The lowest BCUT2D eigenvalue weighted by Crippen LogP contribution is -2.35. The Morgan fingerprint density at radius 1 is 1.21 bits per heavy atom. The van der Waals surface area contributed by atoms with Crippen LogP contribution in [0.2, 0.25) is 0 Å². The SMILES string of the molecule is Cc1ccc(NC2CCNCC2)c2cccnc12.Cl. The Morgan fingerprint density at radius 2 is 2.00 bits per heavy atom. The molecule has 3 nitrogen and oxygen atoms in total. The van der Waals surface area contributed by atoms with Crippen LogP contribution in [-0.4, -0.2) is 24.1 Å². The molecule has 0 unspecified atom stereocenters. The highest BCUT2D eigenvalue weighted by atomic mass is 35.5. The van der Waals surface area contributed by atoms with Gasteiger partial charge in [-0.3, -0.25) is 4.98 Å². The number of hydrogen-bond donors (Lipinski definition) is 2. The Labute approximate surface area is 120 Å². The van der Waals surface area contributed by atoms with Gasteiger partial charge in [-0.2, -0.15) is 0 Å². The molecular weight excluding hydrogens is 258 g/mol. The van der Waals surface area contributed by atoms with Crippen LogP contribution in [0.15, 0.2) is 30.5 Å². The number of pyridine rings is 1. The van der Waals surface area contributed by atoms with Crippen LogP contribution in [0.3, 0.4) is 0 Å². The number of hydrogen-bond acceptors (Lipinski definition) is 3. The van der Waals surface area contributed by atoms with Crippen LogP contribution >= 0.6 is 12.4 Å². The minimum Gasteiger partial charge on any atom is -0.382 e. The summed E-state index contributed by atoms with van der Waals surface area (Å²) in [5.74, 6) is 0. The van der Waals surface area contributed by atoms with Crippen molar-refractivity contribution in [3.8, 4) is 0 Å². The molecule has 2 N–H and O–H groups in total. The Hall–Kier alpha value is -1.32. The normalized spacial score (nSPS) is 16.1. The number of anilines is 1. The highest BCUT2D eigenvalue weighted by Gasteiger charge is 2.14. The summed E-state index contributed by atoms with van der Waals surface area (Å²) in [5.41, 5.74) is 3.56. The summed E-state index contributed by atoms with van der Waals surface area (Å²) < 4.78 is 0. The first kappa shape index (κ1) is 14.1. The van der Waals surface area contributed by atoms with Crippen LogP contribution in [0.1, 0.15) is 18.4 Å². The van der Waals surface area contributed by atoms with E-state index in [1.165, 1.54) is 29.5 Å². The molecule has 1 aliphatic rings. The lowest BCUT2D eigenvalue weighted by atomic mass is 10.0. The number of aromatic nitrogens is 1. The quantitative estimate of drug-likeness (QED) is 0.886. The number of fused-ring (bicyclic) bond motifs is 1. The van der Waals surface area contributed by atoms with E-state index in [0.29, 0.717) is 6.04 Å². The molecule has 2 heterocycles. The van der Waals surface area contributed by atoms with Gasteiger partial charge in [0.2, 0.25) is 0 Å². The van der Waals surface area contributed by atoms with Gasteiger partial charge in [-0.25, -0.2) is 0 Å². The fraction of sp³-hybridized carbons (Fsp3) is 0.400. The van der Waals surface area contributed by atoms with Gasteiger partial charge >= 0.3 is 0 Å². The lowest BCUT2D eigenvalue weighted by molar-refractivity contribution is 0.479. The molecule has 2 aromatic rings. The smallest absolute Gasteiger partial charge is 0.0751 e. The molecule has 0 spiro atoms. The fourth-order valence-corrected chi connectivity index (χ4v) is 2.63. The van der Waals surface area contributed by atoms with E-state index in [-0.39, 0.29) is 12.4 Å². The Bertz CT molecular complexity index is 550. The third-order valence-corrected chi connectivity index (χ3v) is 3.67. The molecule has 19 heavy (non-hydrogen) atoms. The van der Waals surface area contributed by atoms with E-state index < -0.39 is 0 Å². The molecule has 0 saturated carbocycles. The van der Waals surface area contributed by atoms with Crippen LogP contribution in [-0.2, 0) is 0 Å². The Kier molecular flexibility index (Phi) is 4.61. The standard InChI is InChI=1S/C15H19N3.ClH/c1-11-4-5-14(13-3-2-8-17-15(11)13)18-12-6-9-16-10-7-12;/h2-5,8,12,16,18H,6-7,9-10H2,1H3;1H. The number of nitrogens with one attached hydrogen (secondary N) is 2. The molecule has 0 amide bonds. The summed E-state index contributed by atoms with van der Waals surface area (Å²) in [6, 6.07) is 9.08. The third-order valence-electron chi connectivity index (χ3n) is 3.67. The van der Waals surface area contributed by atoms with Crippen molar-refractivity contribution in [2.75, 3.05) is 18.4 Å². The molecule has 1 aliphatic heterocycles. The second-order valence-corrected chi connectivity index (χ2v) is 5.00. The van der Waals surface area contributed by atoms with Gasteiger partial charge in [0.25, 0.3) is 0 Å². The fourth-order valence-electron chi connectivity index (χ4n) is 2.63. The molecule has 4 heteroatoms. The average Bonchev–Trinajstić information content (AvgIpc) is 2.44. The van der Waals surface area contributed by atoms with E-state index in [1.807, 2.05) is 12.3 Å². The van der Waals surface area contributed by atoms with Gasteiger partial charge in [0.15, 0.2) is 0 Å². The molecule has 1 aromatic heterocycles. The summed E-state index contributed by atoms with van der Waals surface area (Å²) in [5, 5.41) is 8.30. The maximum absolute atomic E-state index is 4.48. The van der Waals surface area contributed by atoms with E-state index in [1.54, 1.807) is 0 Å². The number of aryl methyl sites for hydroxylation is 1. The first-order chi connectivity index (χ1) is 8.84. The first-order valence-corrected chi connectivity index (χ1v) is 6.66. The van der Waals surface area contributed by atoms with Gasteiger partial charge in [-0.1, -0.05) is 6.07 Å². The average molecular weight is 278 g/mol. The van der Waals surface area contributed by atoms with Crippen molar-refractivity contribution in [2.24, 2.45) is 0 Å². The molecule has 0 atom stereocenters. The predicted molar refractivity (Wildman–Crippen MR) is 83.2 cm³/mol. The van der Waals surface area contributed by atoms with Crippen molar-refractivity contribution in [3.05, 3.63) is 36.0 Å². The molecule has 0 radical (unpaired) electrons. The van der Waals surface area contributed by atoms with E-state index >= 15 is 0 Å². The third kappa shape index (κ3) is 2.99. The van der Waals surface area contributed by atoms with Gasteiger partial charge in [0, 0.05) is 23.3 Å². The van der Waals surface area contributed by atoms with Crippen molar-refractivity contribution in [3.63, 3.8) is 0 Å². The lowest BCUT2D eigenvalue weighted by Gasteiger charge is -2.25. The number of halogens is 1. The zero-order valence-corrected chi connectivity index (χ0v) is 12.0. The summed E-state index contributed by atoms with van der Waals surface area (Å²) in [4.78, 5) is 4.48. The molecular formula is C15H20ClN3. The second kappa shape index (κ2) is 6.22. The van der Waals surface area contributed by atoms with Crippen LogP contribution in [0.4, 0.5) is 5.69 Å². The van der Waals surface area contributed by atoms with Gasteiger partial charge in [-0.05, 0) is 56.6 Å². The Balaban J connectivity index is 0.00000133. The van der Waals surface area contributed by atoms with Gasteiger partial charge in [0.1, 0.15) is 0 Å². The summed E-state index contributed by atoms with van der Waals surface area (Å²) in [6.07, 6.45) is 4.24. The number of nitrogens with zero attached hydrogens (tertiary/aromatic N) is 1. The van der Waals surface area contributed by atoms with Crippen molar-refractivity contribution in [1.82, 2.24) is 10.3 Å². The van der Waals surface area contributed by atoms with Crippen LogP contribution in [0.25, 0.3) is 10.9 Å². The molecule has 3 rings (SSSR count). The van der Waals surface area contributed by atoms with Crippen molar-refractivity contribution in [2.45, 2.75) is 25.8 Å². The second-order valence-electron chi connectivity index (χ2n) is 5.00. The van der Waals surface area contributed by atoms with Crippen molar-refractivity contribution >= 4 is 29.0 Å². The Morgan fingerprint density at radius 3 is 2.79 bits per heavy atom. The van der Waals surface area contributed by atoms with Crippen LogP contribution in [0, 0.1) is 6.92 Å². The molecule has 102 valence electrons. The topological polar surface area (TPSA) is 37.0 Å². The number of benzene rings is 1. The highest BCUT2D eigenvalue weighted by molar-refractivity contribution is 5.93. The largest absolute Gasteiger partial charge is 0.382 e. The van der Waals surface area contributed by atoms with Crippen LogP contribution in [0.5, 0.6) is 0 Å². The van der Waals surface area contributed by atoms with E-state index in [4.69, 9.17) is 0 Å². The molecule has 0 bridgehead atoms. The molecule has 1 fully saturated rings. The zero-order chi connectivity index (χ0) is 12.4. The molecule has 0 aliphatic carbocycles. The first-order valence-electron chi connectivity index (χ1n) is 6.66. The van der Waals surface area contributed by atoms with E-state index in [2.05, 4.69) is 40.7 Å². The van der Waals surface area contributed by atoms with Crippen molar-refractivity contribution < 1.29 is 0 Å². The van der Waals surface area contributed by atoms with Crippen LogP contribution < -0.4 is 10.6 Å². The van der Waals surface area contributed by atoms with E-state index in [9.17, 15) is 0 Å². The minimum absolute atomic E-state index is 0. The zero-order valence-electron chi connectivity index (χ0n) is 11.1. The highest BCUT2D eigenvalue weighted by Crippen LogP contribution is 2.26. The maximum atomic E-state index is 4.48.